The number of rotatable bonds is 6. The van der Waals surface area contributed by atoms with E-state index in [9.17, 15) is 4.79 Å². The first-order valence-electron chi connectivity index (χ1n) is 6.36. The summed E-state index contributed by atoms with van der Waals surface area (Å²) in [6, 6.07) is 8.66. The predicted octanol–water partition coefficient (Wildman–Crippen LogP) is 2.29. The molecule has 0 aromatic heterocycles. The third kappa shape index (κ3) is 4.15. The molecule has 0 spiro atoms. The molecule has 0 atom stereocenters. The summed E-state index contributed by atoms with van der Waals surface area (Å²) in [6.45, 7) is 7.48. The van der Waals surface area contributed by atoms with Gasteiger partial charge in [0.15, 0.2) is 0 Å². The van der Waals surface area contributed by atoms with E-state index in [1.54, 1.807) is 0 Å². The molecule has 0 saturated carbocycles. The molecule has 0 saturated heterocycles. The van der Waals surface area contributed by atoms with Crippen molar-refractivity contribution in [3.8, 4) is 0 Å². The van der Waals surface area contributed by atoms with Crippen LogP contribution >= 0.6 is 0 Å². The molecule has 0 aliphatic carbocycles. The number of hydrogen-bond acceptors (Lipinski definition) is 3. The van der Waals surface area contributed by atoms with Crippen LogP contribution in [0, 0.1) is 0 Å². The summed E-state index contributed by atoms with van der Waals surface area (Å²) >= 11 is 0. The summed E-state index contributed by atoms with van der Waals surface area (Å²) in [7, 11) is 1.40. The molecule has 0 unspecified atom stereocenters. The number of methoxy groups -OCH3 is 1. The van der Waals surface area contributed by atoms with Crippen LogP contribution in [0.15, 0.2) is 24.3 Å². The molecular weight excluding hydrogens is 226 g/mol. The Morgan fingerprint density at radius 1 is 1.28 bits per heavy atom. The Morgan fingerprint density at radius 3 is 2.39 bits per heavy atom. The Morgan fingerprint density at radius 2 is 1.89 bits per heavy atom. The van der Waals surface area contributed by atoms with Crippen molar-refractivity contribution in [1.82, 2.24) is 5.32 Å². The first kappa shape index (κ1) is 14.7. The van der Waals surface area contributed by atoms with Crippen molar-refractivity contribution in [2.24, 2.45) is 0 Å². The average Bonchev–Trinajstić information content (AvgIpc) is 2.38. The van der Waals surface area contributed by atoms with Crippen LogP contribution in [0.1, 0.15) is 31.9 Å². The number of hydrogen-bond donors (Lipinski definition) is 1. The number of esters is 1. The van der Waals surface area contributed by atoms with Crippen molar-refractivity contribution in [3.63, 3.8) is 0 Å². The van der Waals surface area contributed by atoms with Gasteiger partial charge in [-0.2, -0.15) is 0 Å². The Labute approximate surface area is 110 Å². The van der Waals surface area contributed by atoms with E-state index in [2.05, 4.69) is 55.1 Å². The molecule has 18 heavy (non-hydrogen) atoms. The van der Waals surface area contributed by atoms with E-state index in [-0.39, 0.29) is 17.9 Å². The van der Waals surface area contributed by atoms with Gasteiger partial charge in [0, 0.05) is 12.0 Å². The molecule has 1 N–H and O–H groups in total. The number of aryl methyl sites for hydroxylation is 1. The van der Waals surface area contributed by atoms with Gasteiger partial charge in [-0.15, -0.1) is 0 Å². The number of carbonyl (C=O) groups excluding carboxylic acids is 1. The molecule has 0 fully saturated rings. The maximum Gasteiger partial charge on any atom is 0.319 e. The molecule has 3 heteroatoms. The lowest BCUT2D eigenvalue weighted by Crippen LogP contribution is -2.36. The smallest absolute Gasteiger partial charge is 0.319 e. The number of ether oxygens (including phenoxy) is 1. The van der Waals surface area contributed by atoms with Gasteiger partial charge >= 0.3 is 5.97 Å². The first-order valence-corrected chi connectivity index (χ1v) is 6.36. The second kappa shape index (κ2) is 6.55. The predicted molar refractivity (Wildman–Crippen MR) is 73.7 cm³/mol. The molecule has 100 valence electrons. The highest BCUT2D eigenvalue weighted by Crippen LogP contribution is 2.22. The lowest BCUT2D eigenvalue weighted by atomic mass is 9.84. The maximum absolute atomic E-state index is 11.0. The lowest BCUT2D eigenvalue weighted by molar-refractivity contribution is -0.139. The molecule has 1 rings (SSSR count). The van der Waals surface area contributed by atoms with Crippen molar-refractivity contribution in [1.29, 1.82) is 0 Å². The largest absolute Gasteiger partial charge is 0.468 e. The zero-order valence-electron chi connectivity index (χ0n) is 11.7. The third-order valence-electron chi connectivity index (χ3n) is 3.21. The quantitative estimate of drug-likeness (QED) is 0.786. The minimum absolute atomic E-state index is 0.000291. The third-order valence-corrected chi connectivity index (χ3v) is 3.21. The molecule has 0 radical (unpaired) electrons. The minimum atomic E-state index is -0.230. The van der Waals surface area contributed by atoms with E-state index in [0.717, 1.165) is 13.0 Å². The van der Waals surface area contributed by atoms with Crippen LogP contribution in [0.25, 0.3) is 0 Å². The van der Waals surface area contributed by atoms with Gasteiger partial charge in [-0.05, 0) is 17.5 Å². The van der Waals surface area contributed by atoms with Crippen LogP contribution in [0.3, 0.4) is 0 Å². The molecule has 0 aliphatic heterocycles. The Balaban J connectivity index is 2.58. The van der Waals surface area contributed by atoms with Gasteiger partial charge < -0.3 is 10.1 Å². The molecule has 3 nitrogen and oxygen atoms in total. The second-order valence-corrected chi connectivity index (χ2v) is 5.11. The fourth-order valence-corrected chi connectivity index (χ4v) is 1.84. The van der Waals surface area contributed by atoms with Crippen LogP contribution < -0.4 is 5.32 Å². The number of benzene rings is 1. The van der Waals surface area contributed by atoms with Crippen LogP contribution in [0.2, 0.25) is 0 Å². The molecule has 1 aromatic carbocycles. The summed E-state index contributed by atoms with van der Waals surface area (Å²) in [6.07, 6.45) is 1.06. The lowest BCUT2D eigenvalue weighted by Gasteiger charge is -2.25. The van der Waals surface area contributed by atoms with Gasteiger partial charge in [0.25, 0.3) is 0 Å². The van der Waals surface area contributed by atoms with Gasteiger partial charge in [-0.25, -0.2) is 0 Å². The highest BCUT2D eigenvalue weighted by molar-refractivity contribution is 5.71. The first-order chi connectivity index (χ1) is 8.49. The van der Waals surface area contributed by atoms with Gasteiger partial charge in [0.1, 0.15) is 0 Å². The average molecular weight is 249 g/mol. The molecule has 0 heterocycles. The Bertz CT molecular complexity index is 382. The summed E-state index contributed by atoms with van der Waals surface area (Å²) in [5, 5.41) is 3.13. The fourth-order valence-electron chi connectivity index (χ4n) is 1.84. The van der Waals surface area contributed by atoms with Crippen molar-refractivity contribution in [2.45, 2.75) is 32.6 Å². The second-order valence-electron chi connectivity index (χ2n) is 5.11. The van der Waals surface area contributed by atoms with Crippen molar-refractivity contribution >= 4 is 5.97 Å². The Hall–Kier alpha value is -1.35. The normalized spacial score (nSPS) is 11.3. The monoisotopic (exact) mass is 249 g/mol. The highest BCUT2D eigenvalue weighted by atomic mass is 16.5. The van der Waals surface area contributed by atoms with Crippen molar-refractivity contribution in [2.75, 3.05) is 20.2 Å². The summed E-state index contributed by atoms with van der Waals surface area (Å²) in [5.74, 6) is -0.230. The van der Waals surface area contributed by atoms with E-state index in [1.807, 2.05) is 0 Å². The van der Waals surface area contributed by atoms with Gasteiger partial charge in [-0.3, -0.25) is 4.79 Å². The molecular formula is C15H23NO2. The van der Waals surface area contributed by atoms with E-state index in [4.69, 9.17) is 0 Å². The maximum atomic E-state index is 11.0. The van der Waals surface area contributed by atoms with E-state index < -0.39 is 0 Å². The SMILES string of the molecule is CCc1ccc(C(C)(C)CNCC(=O)OC)cc1. The van der Waals surface area contributed by atoms with Crippen LogP contribution in [0.5, 0.6) is 0 Å². The molecule has 0 bridgehead atoms. The van der Waals surface area contributed by atoms with Crippen molar-refractivity contribution < 1.29 is 9.53 Å². The van der Waals surface area contributed by atoms with Crippen LogP contribution in [-0.2, 0) is 21.4 Å². The van der Waals surface area contributed by atoms with Crippen molar-refractivity contribution in [3.05, 3.63) is 35.4 Å². The minimum Gasteiger partial charge on any atom is -0.468 e. The topological polar surface area (TPSA) is 38.3 Å². The summed E-state index contributed by atoms with van der Waals surface area (Å²) < 4.78 is 4.60. The highest BCUT2D eigenvalue weighted by Gasteiger charge is 2.20. The van der Waals surface area contributed by atoms with Gasteiger partial charge in [-0.1, -0.05) is 45.0 Å². The standard InChI is InChI=1S/C15H23NO2/c1-5-12-6-8-13(9-7-12)15(2,3)11-16-10-14(17)18-4/h6-9,16H,5,10-11H2,1-4H3. The van der Waals surface area contributed by atoms with E-state index >= 15 is 0 Å². The van der Waals surface area contributed by atoms with Crippen LogP contribution in [0.4, 0.5) is 0 Å². The summed E-state index contributed by atoms with van der Waals surface area (Å²) in [4.78, 5) is 11.0. The van der Waals surface area contributed by atoms with Gasteiger partial charge in [0.2, 0.25) is 0 Å². The number of nitrogens with one attached hydrogen (secondary N) is 1. The van der Waals surface area contributed by atoms with Crippen LogP contribution in [-0.4, -0.2) is 26.2 Å². The zero-order valence-corrected chi connectivity index (χ0v) is 11.7. The fraction of sp³-hybridized carbons (Fsp3) is 0.533. The molecule has 0 aliphatic rings. The summed E-state index contributed by atoms with van der Waals surface area (Å²) in [5.41, 5.74) is 2.62. The van der Waals surface area contributed by atoms with E-state index in [1.165, 1.54) is 18.2 Å². The Kier molecular flexibility index (Phi) is 5.35. The number of carbonyl (C=O) groups is 1. The van der Waals surface area contributed by atoms with Gasteiger partial charge in [0.05, 0.1) is 13.7 Å². The molecule has 1 aromatic rings. The van der Waals surface area contributed by atoms with E-state index in [0.29, 0.717) is 0 Å². The molecule has 0 amide bonds. The zero-order chi connectivity index (χ0) is 13.6.